The second-order valence-corrected chi connectivity index (χ2v) is 6.88. The van der Waals surface area contributed by atoms with Gasteiger partial charge in [-0.25, -0.2) is 9.78 Å². The van der Waals surface area contributed by atoms with Crippen LogP contribution in [0.1, 0.15) is 23.0 Å². The first kappa shape index (κ1) is 20.5. The number of thiazole rings is 1. The maximum Gasteiger partial charge on any atom is 0.418 e. The molecule has 0 fully saturated rings. The Kier molecular flexibility index (Phi) is 5.69. The van der Waals surface area contributed by atoms with Crippen molar-refractivity contribution >= 4 is 28.9 Å². The van der Waals surface area contributed by atoms with E-state index in [4.69, 9.17) is 4.74 Å². The number of amides is 1. The van der Waals surface area contributed by atoms with Crippen molar-refractivity contribution in [1.82, 2.24) is 14.8 Å². The molecule has 0 bridgehead atoms. The topological polar surface area (TPSA) is 86.1 Å². The zero-order chi connectivity index (χ0) is 21.2. The molecule has 3 aromatic rings. The van der Waals surface area contributed by atoms with Gasteiger partial charge < -0.3 is 10.1 Å². The van der Waals surface area contributed by atoms with Gasteiger partial charge in [0.2, 0.25) is 0 Å². The Hall–Kier alpha value is -3.21. The number of anilines is 1. The van der Waals surface area contributed by atoms with Crippen LogP contribution in [-0.2, 0) is 22.8 Å². The molecule has 0 saturated heterocycles. The second kappa shape index (κ2) is 8.03. The number of alkyl halides is 3. The number of nitrogens with one attached hydrogen (secondary N) is 1. The van der Waals surface area contributed by atoms with Crippen LogP contribution in [0.2, 0.25) is 0 Å². The Balaban J connectivity index is 1.66. The number of esters is 1. The summed E-state index contributed by atoms with van der Waals surface area (Å²) in [5, 5.41) is 8.17. The van der Waals surface area contributed by atoms with E-state index < -0.39 is 35.4 Å². The zero-order valence-corrected chi connectivity index (χ0v) is 16.0. The first-order valence-electron chi connectivity index (χ1n) is 8.28. The van der Waals surface area contributed by atoms with Crippen LogP contribution in [-0.4, -0.2) is 32.7 Å². The smallest absolute Gasteiger partial charge is 0.418 e. The van der Waals surface area contributed by atoms with Crippen molar-refractivity contribution in [3.05, 3.63) is 53.3 Å². The molecule has 0 spiro atoms. The van der Waals surface area contributed by atoms with Gasteiger partial charge in [-0.15, -0.1) is 11.3 Å². The molecule has 0 aliphatic rings. The quantitative estimate of drug-likeness (QED) is 0.631. The zero-order valence-electron chi connectivity index (χ0n) is 15.2. The SMILES string of the molecule is CC(OC(=O)c1csc(-c2cnn(C)c2)n1)C(=O)Nc1ccccc1C(F)(F)F. The standard InChI is InChI=1S/C18H15F3N4O3S/c1-10(15(26)23-13-6-4-3-5-12(13)18(19,20)21)28-17(27)14-9-29-16(24-14)11-7-22-25(2)8-11/h3-10H,1-2H3,(H,23,26). The minimum absolute atomic E-state index is 0.0100. The summed E-state index contributed by atoms with van der Waals surface area (Å²) in [6.45, 7) is 1.26. The number of ether oxygens (including phenoxy) is 1. The summed E-state index contributed by atoms with van der Waals surface area (Å²) in [4.78, 5) is 28.6. The highest BCUT2D eigenvalue weighted by molar-refractivity contribution is 7.13. The highest BCUT2D eigenvalue weighted by atomic mass is 32.1. The van der Waals surface area contributed by atoms with E-state index in [-0.39, 0.29) is 5.69 Å². The third-order valence-electron chi connectivity index (χ3n) is 3.81. The van der Waals surface area contributed by atoms with Crippen molar-refractivity contribution in [2.45, 2.75) is 19.2 Å². The van der Waals surface area contributed by atoms with E-state index in [0.717, 1.165) is 12.1 Å². The molecule has 1 amide bonds. The Morgan fingerprint density at radius 2 is 2.00 bits per heavy atom. The number of carbonyl (C=O) groups is 2. The van der Waals surface area contributed by atoms with Crippen LogP contribution in [0.4, 0.5) is 18.9 Å². The van der Waals surface area contributed by atoms with Crippen molar-refractivity contribution in [3.63, 3.8) is 0 Å². The molecule has 0 radical (unpaired) electrons. The minimum Gasteiger partial charge on any atom is -0.448 e. The first-order chi connectivity index (χ1) is 13.6. The molecule has 1 unspecified atom stereocenters. The molecular formula is C18H15F3N4O3S. The summed E-state index contributed by atoms with van der Waals surface area (Å²) in [7, 11) is 1.74. The van der Waals surface area contributed by atoms with E-state index in [2.05, 4.69) is 15.4 Å². The van der Waals surface area contributed by atoms with Crippen molar-refractivity contribution in [2.75, 3.05) is 5.32 Å². The lowest BCUT2D eigenvalue weighted by atomic mass is 10.1. The van der Waals surface area contributed by atoms with E-state index in [9.17, 15) is 22.8 Å². The van der Waals surface area contributed by atoms with Crippen LogP contribution < -0.4 is 5.32 Å². The lowest BCUT2D eigenvalue weighted by Gasteiger charge is -2.16. The van der Waals surface area contributed by atoms with Gasteiger partial charge in [-0.2, -0.15) is 18.3 Å². The number of aromatic nitrogens is 3. The molecule has 1 aromatic carbocycles. The Morgan fingerprint density at radius 1 is 1.28 bits per heavy atom. The van der Waals surface area contributed by atoms with E-state index in [1.165, 1.54) is 35.8 Å². The number of rotatable bonds is 5. The number of nitrogens with zero attached hydrogens (tertiary/aromatic N) is 3. The summed E-state index contributed by atoms with van der Waals surface area (Å²) < 4.78 is 45.7. The Bertz CT molecular complexity index is 1040. The average Bonchev–Trinajstić information content (AvgIpc) is 3.30. The van der Waals surface area contributed by atoms with Crippen LogP contribution in [0.5, 0.6) is 0 Å². The van der Waals surface area contributed by atoms with Crippen LogP contribution in [0.25, 0.3) is 10.6 Å². The van der Waals surface area contributed by atoms with E-state index in [0.29, 0.717) is 10.6 Å². The maximum atomic E-state index is 13.0. The second-order valence-electron chi connectivity index (χ2n) is 6.02. The summed E-state index contributed by atoms with van der Waals surface area (Å²) in [6.07, 6.45) is -2.65. The number of halogens is 3. The van der Waals surface area contributed by atoms with Crippen molar-refractivity contribution in [2.24, 2.45) is 7.05 Å². The minimum atomic E-state index is -4.63. The van der Waals surface area contributed by atoms with Gasteiger partial charge in [0.15, 0.2) is 11.8 Å². The van der Waals surface area contributed by atoms with Crippen LogP contribution >= 0.6 is 11.3 Å². The lowest BCUT2D eigenvalue weighted by Crippen LogP contribution is -2.30. The van der Waals surface area contributed by atoms with Crippen molar-refractivity contribution in [3.8, 4) is 10.6 Å². The van der Waals surface area contributed by atoms with Gasteiger partial charge >= 0.3 is 12.1 Å². The van der Waals surface area contributed by atoms with Crippen molar-refractivity contribution < 1.29 is 27.5 Å². The normalized spacial score (nSPS) is 12.4. The van der Waals surface area contributed by atoms with Gasteiger partial charge in [-0.05, 0) is 19.1 Å². The Morgan fingerprint density at radius 3 is 2.66 bits per heavy atom. The van der Waals surface area contributed by atoms with E-state index in [1.54, 1.807) is 24.1 Å². The van der Waals surface area contributed by atoms with Gasteiger partial charge in [-0.3, -0.25) is 9.48 Å². The summed E-state index contributed by atoms with van der Waals surface area (Å²) in [5.41, 5.74) is -0.705. The highest BCUT2D eigenvalue weighted by Gasteiger charge is 2.34. The molecule has 0 aliphatic heterocycles. The Labute approximate surface area is 167 Å². The number of benzene rings is 1. The molecule has 2 aromatic heterocycles. The molecule has 11 heteroatoms. The fourth-order valence-corrected chi connectivity index (χ4v) is 3.14. The predicted octanol–water partition coefficient (Wildman–Crippen LogP) is 3.75. The van der Waals surface area contributed by atoms with Crippen LogP contribution in [0.3, 0.4) is 0 Å². The molecule has 152 valence electrons. The molecular weight excluding hydrogens is 409 g/mol. The predicted molar refractivity (Wildman–Crippen MR) is 99.3 cm³/mol. The van der Waals surface area contributed by atoms with Gasteiger partial charge in [-0.1, -0.05) is 12.1 Å². The van der Waals surface area contributed by atoms with E-state index >= 15 is 0 Å². The number of carbonyl (C=O) groups excluding carboxylic acids is 2. The monoisotopic (exact) mass is 424 g/mol. The molecule has 7 nitrogen and oxygen atoms in total. The maximum absolute atomic E-state index is 13.0. The highest BCUT2D eigenvalue weighted by Crippen LogP contribution is 2.34. The summed E-state index contributed by atoms with van der Waals surface area (Å²) in [5.74, 6) is -1.75. The summed E-state index contributed by atoms with van der Waals surface area (Å²) >= 11 is 1.20. The first-order valence-corrected chi connectivity index (χ1v) is 9.15. The molecule has 1 atom stereocenters. The number of hydrogen-bond donors (Lipinski definition) is 1. The summed E-state index contributed by atoms with van der Waals surface area (Å²) in [6, 6.07) is 4.54. The van der Waals surface area contributed by atoms with E-state index in [1.807, 2.05) is 0 Å². The van der Waals surface area contributed by atoms with Gasteiger partial charge in [0.25, 0.3) is 5.91 Å². The molecule has 3 rings (SSSR count). The molecule has 1 N–H and O–H groups in total. The fraction of sp³-hybridized carbons (Fsp3) is 0.222. The van der Waals surface area contributed by atoms with Crippen molar-refractivity contribution in [1.29, 1.82) is 0 Å². The van der Waals surface area contributed by atoms with Gasteiger partial charge in [0.1, 0.15) is 5.01 Å². The number of hydrogen-bond acceptors (Lipinski definition) is 6. The van der Waals surface area contributed by atoms with Gasteiger partial charge in [0, 0.05) is 24.2 Å². The molecule has 29 heavy (non-hydrogen) atoms. The lowest BCUT2D eigenvalue weighted by molar-refractivity contribution is -0.137. The average molecular weight is 424 g/mol. The number of para-hydroxylation sites is 1. The largest absolute Gasteiger partial charge is 0.448 e. The molecule has 2 heterocycles. The fourth-order valence-electron chi connectivity index (χ4n) is 2.38. The third-order valence-corrected chi connectivity index (χ3v) is 4.70. The number of aryl methyl sites for hydroxylation is 1. The van der Waals surface area contributed by atoms with Crippen LogP contribution in [0, 0.1) is 0 Å². The third kappa shape index (κ3) is 4.80. The molecule has 0 aliphatic carbocycles. The van der Waals surface area contributed by atoms with Crippen LogP contribution in [0.15, 0.2) is 42.0 Å². The molecule has 0 saturated carbocycles. The van der Waals surface area contributed by atoms with Gasteiger partial charge in [0.05, 0.1) is 17.4 Å².